The van der Waals surface area contributed by atoms with E-state index in [0.29, 0.717) is 0 Å². The van der Waals surface area contributed by atoms with E-state index in [0.717, 1.165) is 10.8 Å². The number of aliphatic hydroxyl groups excluding tert-OH is 1. The highest BCUT2D eigenvalue weighted by atomic mass is 32.2. The largest absolute Gasteiger partial charge is 0.393 e. The molecule has 1 atom stereocenters. The van der Waals surface area contributed by atoms with E-state index in [-0.39, 0.29) is 30.8 Å². The predicted molar refractivity (Wildman–Crippen MR) is 67.8 cm³/mol. The molecule has 1 N–H and O–H groups in total. The maximum Gasteiger partial charge on any atom is 0.171 e. The lowest BCUT2D eigenvalue weighted by molar-refractivity contribution is 0.160. The van der Waals surface area contributed by atoms with Gasteiger partial charge in [-0.15, -0.1) is 0 Å². The van der Waals surface area contributed by atoms with Gasteiger partial charge in [0.05, 0.1) is 17.6 Å². The Bertz CT molecular complexity index is 447. The molecule has 5 nitrogen and oxygen atoms in total. The monoisotopic (exact) mass is 282 g/mol. The van der Waals surface area contributed by atoms with Crippen molar-refractivity contribution in [1.29, 1.82) is 0 Å². The highest BCUT2D eigenvalue weighted by Crippen LogP contribution is 2.07. The van der Waals surface area contributed by atoms with Crippen molar-refractivity contribution in [3.05, 3.63) is 24.0 Å². The topological polar surface area (TPSA) is 88.5 Å². The Morgan fingerprint density at radius 1 is 0.941 bits per heavy atom. The summed E-state index contributed by atoms with van der Waals surface area (Å²) < 4.78 is 44.2. The fourth-order valence-electron chi connectivity index (χ4n) is 1.13. The van der Waals surface area contributed by atoms with Gasteiger partial charge in [-0.05, 0) is 19.3 Å². The average molecular weight is 282 g/mol. The zero-order valence-electron chi connectivity index (χ0n) is 9.58. The van der Waals surface area contributed by atoms with E-state index in [1.54, 1.807) is 0 Å². The highest BCUT2D eigenvalue weighted by Gasteiger charge is 2.12. The van der Waals surface area contributed by atoms with Crippen LogP contribution >= 0.6 is 0 Å². The number of sulfone groups is 2. The van der Waals surface area contributed by atoms with Gasteiger partial charge in [0.2, 0.25) is 0 Å². The molecule has 0 aromatic heterocycles. The SMILES string of the molecule is C=CS(=O)(=O)CCCC(O)CCS(=O)(=O)C=C. The van der Waals surface area contributed by atoms with Gasteiger partial charge in [0, 0.05) is 10.8 Å². The molecule has 100 valence electrons. The van der Waals surface area contributed by atoms with E-state index in [9.17, 15) is 21.9 Å². The quantitative estimate of drug-likeness (QED) is 0.670. The number of rotatable bonds is 9. The summed E-state index contributed by atoms with van der Waals surface area (Å²) >= 11 is 0. The minimum atomic E-state index is -3.30. The second-order valence-corrected chi connectivity index (χ2v) is 7.79. The van der Waals surface area contributed by atoms with Crippen LogP contribution in [0.5, 0.6) is 0 Å². The van der Waals surface area contributed by atoms with Crippen LogP contribution in [0, 0.1) is 0 Å². The van der Waals surface area contributed by atoms with E-state index < -0.39 is 25.8 Å². The third-order valence-electron chi connectivity index (χ3n) is 2.21. The molecule has 0 aliphatic heterocycles. The molecule has 1 unspecified atom stereocenters. The molecule has 0 saturated carbocycles. The average Bonchev–Trinajstić information content (AvgIpc) is 2.26. The van der Waals surface area contributed by atoms with Crippen molar-refractivity contribution >= 4 is 19.7 Å². The van der Waals surface area contributed by atoms with Crippen molar-refractivity contribution < 1.29 is 21.9 Å². The van der Waals surface area contributed by atoms with Crippen molar-refractivity contribution in [2.24, 2.45) is 0 Å². The fourth-order valence-corrected chi connectivity index (χ4v) is 2.63. The Hall–Kier alpha value is -0.660. The summed E-state index contributed by atoms with van der Waals surface area (Å²) in [6, 6.07) is 0. The van der Waals surface area contributed by atoms with Crippen LogP contribution in [0.2, 0.25) is 0 Å². The molecule has 0 aromatic rings. The minimum Gasteiger partial charge on any atom is -0.393 e. The van der Waals surface area contributed by atoms with Gasteiger partial charge in [0.15, 0.2) is 19.7 Å². The Morgan fingerprint density at radius 3 is 1.88 bits per heavy atom. The number of aliphatic hydroxyl groups is 1. The van der Waals surface area contributed by atoms with Gasteiger partial charge in [0.1, 0.15) is 0 Å². The summed E-state index contributed by atoms with van der Waals surface area (Å²) in [5, 5.41) is 11.2. The number of hydrogen-bond acceptors (Lipinski definition) is 5. The van der Waals surface area contributed by atoms with Crippen LogP contribution in [0.3, 0.4) is 0 Å². The molecule has 0 aliphatic carbocycles. The van der Waals surface area contributed by atoms with Crippen LogP contribution < -0.4 is 0 Å². The number of hydrogen-bond donors (Lipinski definition) is 1. The van der Waals surface area contributed by atoms with Crippen LogP contribution in [0.15, 0.2) is 24.0 Å². The zero-order chi connectivity index (χ0) is 13.5. The van der Waals surface area contributed by atoms with E-state index in [1.165, 1.54) is 0 Å². The summed E-state index contributed by atoms with van der Waals surface area (Å²) in [5.74, 6) is -0.256. The van der Waals surface area contributed by atoms with Crippen molar-refractivity contribution in [3.8, 4) is 0 Å². The second kappa shape index (κ2) is 6.93. The van der Waals surface area contributed by atoms with Crippen LogP contribution in [-0.2, 0) is 19.7 Å². The molecule has 0 radical (unpaired) electrons. The van der Waals surface area contributed by atoms with Crippen LogP contribution in [0.25, 0.3) is 0 Å². The summed E-state index contributed by atoms with van der Waals surface area (Å²) in [6.45, 7) is 6.32. The first-order valence-corrected chi connectivity index (χ1v) is 8.54. The van der Waals surface area contributed by atoms with E-state index in [2.05, 4.69) is 13.2 Å². The Balaban J connectivity index is 3.94. The van der Waals surface area contributed by atoms with E-state index >= 15 is 0 Å². The third kappa shape index (κ3) is 8.12. The standard InChI is InChI=1S/C10H18O5S2/c1-3-16(12,13)8-5-6-10(11)7-9-17(14,15)4-2/h3-4,10-11H,1-2,5-9H2. The van der Waals surface area contributed by atoms with E-state index in [4.69, 9.17) is 0 Å². The summed E-state index contributed by atoms with van der Waals surface area (Å²) in [7, 11) is -6.55. The first kappa shape index (κ1) is 16.3. The molecule has 0 bridgehead atoms. The molecule has 0 aliphatic rings. The fraction of sp³-hybridized carbons (Fsp3) is 0.600. The molecule has 0 rings (SSSR count). The summed E-state index contributed by atoms with van der Waals surface area (Å²) in [6.07, 6.45) is -0.198. The molecular formula is C10H18O5S2. The van der Waals surface area contributed by atoms with Gasteiger partial charge in [-0.3, -0.25) is 0 Å². The van der Waals surface area contributed by atoms with Crippen molar-refractivity contribution in [2.45, 2.75) is 25.4 Å². The van der Waals surface area contributed by atoms with Crippen molar-refractivity contribution in [2.75, 3.05) is 11.5 Å². The summed E-state index contributed by atoms with van der Waals surface area (Å²) in [4.78, 5) is 0. The van der Waals surface area contributed by atoms with Crippen LogP contribution in [0.4, 0.5) is 0 Å². The molecule has 0 saturated heterocycles. The van der Waals surface area contributed by atoms with E-state index in [1.807, 2.05) is 0 Å². The maximum absolute atomic E-state index is 11.0. The zero-order valence-corrected chi connectivity index (χ0v) is 11.2. The smallest absolute Gasteiger partial charge is 0.171 e. The molecule has 17 heavy (non-hydrogen) atoms. The lowest BCUT2D eigenvalue weighted by Crippen LogP contribution is -2.14. The first-order valence-electron chi connectivity index (χ1n) is 5.11. The Morgan fingerprint density at radius 2 is 1.41 bits per heavy atom. The van der Waals surface area contributed by atoms with Crippen molar-refractivity contribution in [1.82, 2.24) is 0 Å². The lowest BCUT2D eigenvalue weighted by atomic mass is 10.2. The van der Waals surface area contributed by atoms with Crippen molar-refractivity contribution in [3.63, 3.8) is 0 Å². The van der Waals surface area contributed by atoms with Gasteiger partial charge >= 0.3 is 0 Å². The van der Waals surface area contributed by atoms with Gasteiger partial charge < -0.3 is 5.11 Å². The van der Waals surface area contributed by atoms with Gasteiger partial charge in [-0.1, -0.05) is 13.2 Å². The van der Waals surface area contributed by atoms with Gasteiger partial charge in [-0.2, -0.15) is 0 Å². The first-order chi connectivity index (χ1) is 7.72. The van der Waals surface area contributed by atoms with Gasteiger partial charge in [0.25, 0.3) is 0 Å². The minimum absolute atomic E-state index is 0.0816. The highest BCUT2D eigenvalue weighted by molar-refractivity contribution is 7.94. The molecule has 7 heteroatoms. The van der Waals surface area contributed by atoms with Gasteiger partial charge in [-0.25, -0.2) is 16.8 Å². The molecule has 0 aromatic carbocycles. The second-order valence-electron chi connectivity index (χ2n) is 3.65. The molecule has 0 fully saturated rings. The third-order valence-corrected chi connectivity index (χ3v) is 4.89. The Kier molecular flexibility index (Phi) is 6.66. The molecule has 0 amide bonds. The van der Waals surface area contributed by atoms with Crippen LogP contribution in [0.1, 0.15) is 19.3 Å². The maximum atomic E-state index is 11.0. The molecule has 0 heterocycles. The molecule has 0 spiro atoms. The lowest BCUT2D eigenvalue weighted by Gasteiger charge is -2.09. The molecular weight excluding hydrogens is 264 g/mol. The van der Waals surface area contributed by atoms with Crippen LogP contribution in [-0.4, -0.2) is 39.6 Å². The normalized spacial score (nSPS) is 14.2. The predicted octanol–water partition coefficient (Wildman–Crippen LogP) is 0.634. The Labute approximate surface area is 103 Å². The summed E-state index contributed by atoms with van der Waals surface area (Å²) in [5.41, 5.74) is 0.